The number of carbonyl (C=O) groups is 1. The molecule has 1 aromatic rings. The Bertz CT molecular complexity index is 448. The van der Waals surface area contributed by atoms with Gasteiger partial charge in [-0.3, -0.25) is 0 Å². The first-order valence-electron chi connectivity index (χ1n) is 6.49. The van der Waals surface area contributed by atoms with Crippen LogP contribution in [0.5, 0.6) is 0 Å². The van der Waals surface area contributed by atoms with Crippen LogP contribution in [0, 0.1) is 6.92 Å². The molecule has 1 aromatic heterocycles. The van der Waals surface area contributed by atoms with Crippen LogP contribution in [0.4, 0.5) is 5.13 Å². The quantitative estimate of drug-likeness (QED) is 0.864. The number of thiazole rings is 1. The lowest BCUT2D eigenvalue weighted by molar-refractivity contribution is 0.0605. The van der Waals surface area contributed by atoms with Crippen LogP contribution >= 0.6 is 23.1 Å². The van der Waals surface area contributed by atoms with Crippen molar-refractivity contribution in [2.75, 3.05) is 18.7 Å². The molecule has 1 fully saturated rings. The van der Waals surface area contributed by atoms with Crippen LogP contribution in [0.25, 0.3) is 0 Å². The first-order chi connectivity index (χ1) is 9.13. The van der Waals surface area contributed by atoms with E-state index in [1.807, 2.05) is 18.7 Å². The van der Waals surface area contributed by atoms with Crippen molar-refractivity contribution in [2.24, 2.45) is 0 Å². The van der Waals surface area contributed by atoms with Crippen molar-refractivity contribution in [2.45, 2.75) is 43.9 Å². The van der Waals surface area contributed by atoms with Gasteiger partial charge in [0.15, 0.2) is 5.13 Å². The second-order valence-corrected chi connectivity index (χ2v) is 6.93. The van der Waals surface area contributed by atoms with E-state index in [-0.39, 0.29) is 5.97 Å². The first kappa shape index (κ1) is 14.7. The highest BCUT2D eigenvalue weighted by Crippen LogP contribution is 2.31. The summed E-state index contributed by atoms with van der Waals surface area (Å²) in [4.78, 5) is 16.6. The van der Waals surface area contributed by atoms with Gasteiger partial charge in [-0.15, -0.1) is 0 Å². The lowest BCUT2D eigenvalue weighted by atomic mass is 9.95. The summed E-state index contributed by atoms with van der Waals surface area (Å²) in [5.74, 6) is -0.298. The third-order valence-corrected chi connectivity index (χ3v) is 5.62. The van der Waals surface area contributed by atoms with E-state index in [1.54, 1.807) is 0 Å². The summed E-state index contributed by atoms with van der Waals surface area (Å²) in [6.07, 6.45) is 7.10. The fraction of sp³-hybridized carbons (Fsp3) is 0.692. The second-order valence-electron chi connectivity index (χ2n) is 4.79. The minimum Gasteiger partial charge on any atom is -0.465 e. The van der Waals surface area contributed by atoms with Gasteiger partial charge in [0.2, 0.25) is 0 Å². The van der Waals surface area contributed by atoms with Gasteiger partial charge in [0.25, 0.3) is 0 Å². The molecule has 19 heavy (non-hydrogen) atoms. The Kier molecular flexibility index (Phi) is 5.10. The van der Waals surface area contributed by atoms with Crippen LogP contribution < -0.4 is 5.32 Å². The predicted molar refractivity (Wildman–Crippen MR) is 81.4 cm³/mol. The Hall–Kier alpha value is -0.750. The molecule has 0 saturated heterocycles. The summed E-state index contributed by atoms with van der Waals surface area (Å²) in [5.41, 5.74) is 0.747. The van der Waals surface area contributed by atoms with Crippen LogP contribution in [-0.2, 0) is 4.74 Å². The van der Waals surface area contributed by atoms with Crippen molar-refractivity contribution in [1.82, 2.24) is 4.98 Å². The molecule has 1 saturated carbocycles. The molecule has 2 unspecified atom stereocenters. The number of ether oxygens (including phenoxy) is 1. The summed E-state index contributed by atoms with van der Waals surface area (Å²) in [6, 6.07) is 0.474. The van der Waals surface area contributed by atoms with E-state index >= 15 is 0 Å². The maximum atomic E-state index is 11.6. The zero-order chi connectivity index (χ0) is 13.8. The fourth-order valence-electron chi connectivity index (χ4n) is 2.41. The lowest BCUT2D eigenvalue weighted by Gasteiger charge is -2.28. The van der Waals surface area contributed by atoms with Crippen LogP contribution in [0.1, 0.15) is 41.0 Å². The zero-order valence-electron chi connectivity index (χ0n) is 11.6. The number of hydrogen-bond acceptors (Lipinski definition) is 6. The average molecular weight is 300 g/mol. The smallest absolute Gasteiger partial charge is 0.350 e. The van der Waals surface area contributed by atoms with Gasteiger partial charge in [0, 0.05) is 11.3 Å². The van der Waals surface area contributed by atoms with Gasteiger partial charge in [-0.25, -0.2) is 9.78 Å². The number of carbonyl (C=O) groups excluding carboxylic acids is 1. The summed E-state index contributed by atoms with van der Waals surface area (Å²) in [6.45, 7) is 1.85. The molecule has 106 valence electrons. The molecule has 1 N–H and O–H groups in total. The molecule has 0 radical (unpaired) electrons. The first-order valence-corrected chi connectivity index (χ1v) is 8.59. The molecule has 1 aliphatic rings. The molecular formula is C13H20N2O2S2. The lowest BCUT2D eigenvalue weighted by Crippen LogP contribution is -2.28. The Balaban J connectivity index is 2.01. The molecule has 2 atom stereocenters. The van der Waals surface area contributed by atoms with E-state index in [0.717, 1.165) is 16.1 Å². The van der Waals surface area contributed by atoms with E-state index in [0.29, 0.717) is 10.9 Å². The Morgan fingerprint density at radius 2 is 2.32 bits per heavy atom. The highest BCUT2D eigenvalue weighted by atomic mass is 32.2. The summed E-state index contributed by atoms with van der Waals surface area (Å²) in [7, 11) is 1.40. The van der Waals surface area contributed by atoms with Crippen molar-refractivity contribution < 1.29 is 9.53 Å². The minimum absolute atomic E-state index is 0.298. The number of thioether (sulfide) groups is 1. The number of nitrogens with one attached hydrogen (secondary N) is 1. The van der Waals surface area contributed by atoms with E-state index in [9.17, 15) is 4.79 Å². The van der Waals surface area contributed by atoms with Gasteiger partial charge >= 0.3 is 5.97 Å². The van der Waals surface area contributed by atoms with E-state index in [1.165, 1.54) is 44.1 Å². The molecule has 2 rings (SSSR count). The average Bonchev–Trinajstić information content (AvgIpc) is 2.79. The Labute approximate surface area is 122 Å². The number of anilines is 1. The highest BCUT2D eigenvalue weighted by molar-refractivity contribution is 7.99. The number of hydrogen-bond donors (Lipinski definition) is 1. The maximum absolute atomic E-state index is 11.6. The van der Waals surface area contributed by atoms with Crippen molar-refractivity contribution in [3.8, 4) is 0 Å². The zero-order valence-corrected chi connectivity index (χ0v) is 13.2. The number of methoxy groups -OCH3 is 1. The second kappa shape index (κ2) is 6.61. The summed E-state index contributed by atoms with van der Waals surface area (Å²) < 4.78 is 4.76. The summed E-state index contributed by atoms with van der Waals surface area (Å²) in [5, 5.41) is 5.05. The van der Waals surface area contributed by atoms with Gasteiger partial charge in [-0.2, -0.15) is 11.8 Å². The largest absolute Gasteiger partial charge is 0.465 e. The third-order valence-electron chi connectivity index (χ3n) is 3.45. The normalized spacial score (nSPS) is 23.1. The van der Waals surface area contributed by atoms with E-state index in [2.05, 4.69) is 16.6 Å². The van der Waals surface area contributed by atoms with E-state index in [4.69, 9.17) is 4.74 Å². The van der Waals surface area contributed by atoms with Crippen LogP contribution in [0.2, 0.25) is 0 Å². The topological polar surface area (TPSA) is 51.2 Å². The molecule has 1 heterocycles. The molecule has 0 aliphatic heterocycles. The van der Waals surface area contributed by atoms with Crippen molar-refractivity contribution >= 4 is 34.2 Å². The van der Waals surface area contributed by atoms with Crippen molar-refractivity contribution in [1.29, 1.82) is 0 Å². The minimum atomic E-state index is -0.298. The molecule has 0 bridgehead atoms. The Morgan fingerprint density at radius 3 is 3.00 bits per heavy atom. The molecule has 4 nitrogen and oxygen atoms in total. The standard InChI is InChI=1S/C13H20N2O2S2/c1-8-11(12(16)17-2)19-13(14-8)15-9-5-4-6-10(7-9)18-3/h9-10H,4-7H2,1-3H3,(H,14,15). The van der Waals surface area contributed by atoms with Gasteiger partial charge < -0.3 is 10.1 Å². The van der Waals surface area contributed by atoms with E-state index < -0.39 is 0 Å². The number of nitrogens with zero attached hydrogens (tertiary/aromatic N) is 1. The third kappa shape index (κ3) is 3.63. The van der Waals surface area contributed by atoms with Crippen molar-refractivity contribution in [3.05, 3.63) is 10.6 Å². The van der Waals surface area contributed by atoms with Gasteiger partial charge in [0.1, 0.15) is 4.88 Å². The number of esters is 1. The van der Waals surface area contributed by atoms with Crippen LogP contribution in [-0.4, -0.2) is 35.6 Å². The van der Waals surface area contributed by atoms with Crippen LogP contribution in [0.3, 0.4) is 0 Å². The van der Waals surface area contributed by atoms with Gasteiger partial charge in [-0.05, 0) is 32.4 Å². The number of aromatic nitrogens is 1. The number of rotatable bonds is 4. The summed E-state index contributed by atoms with van der Waals surface area (Å²) >= 11 is 3.34. The molecule has 0 amide bonds. The fourth-order valence-corrected chi connectivity index (χ4v) is 4.19. The highest BCUT2D eigenvalue weighted by Gasteiger charge is 2.23. The van der Waals surface area contributed by atoms with Crippen LogP contribution in [0.15, 0.2) is 0 Å². The molecule has 6 heteroatoms. The maximum Gasteiger partial charge on any atom is 0.350 e. The van der Waals surface area contributed by atoms with Gasteiger partial charge in [0.05, 0.1) is 12.8 Å². The molecular weight excluding hydrogens is 280 g/mol. The molecule has 1 aliphatic carbocycles. The monoisotopic (exact) mass is 300 g/mol. The SMILES string of the molecule is COC(=O)c1sc(NC2CCCC(SC)C2)nc1C. The van der Waals surface area contributed by atoms with Gasteiger partial charge in [-0.1, -0.05) is 17.8 Å². The van der Waals surface area contributed by atoms with Crippen molar-refractivity contribution in [3.63, 3.8) is 0 Å². The molecule has 0 aromatic carbocycles. The Morgan fingerprint density at radius 1 is 1.53 bits per heavy atom. The number of aryl methyl sites for hydroxylation is 1. The predicted octanol–water partition coefficient (Wildman–Crippen LogP) is 3.32. The molecule has 0 spiro atoms.